The predicted octanol–water partition coefficient (Wildman–Crippen LogP) is 3.25. The molecule has 1 heterocycles. The van der Waals surface area contributed by atoms with Crippen LogP contribution in [0.1, 0.15) is 17.2 Å². The summed E-state index contributed by atoms with van der Waals surface area (Å²) in [6.45, 7) is 0. The summed E-state index contributed by atoms with van der Waals surface area (Å²) in [6, 6.07) is 9.45. The van der Waals surface area contributed by atoms with Crippen LogP contribution < -0.4 is 16.0 Å². The van der Waals surface area contributed by atoms with E-state index in [0.717, 1.165) is 15.6 Å². The first-order valence-electron chi connectivity index (χ1n) is 6.04. The van der Waals surface area contributed by atoms with Gasteiger partial charge in [-0.25, -0.2) is 4.98 Å². The van der Waals surface area contributed by atoms with Crippen LogP contribution in [-0.4, -0.2) is 12.1 Å². The number of rotatable bonds is 5. The van der Waals surface area contributed by atoms with Gasteiger partial charge in [-0.05, 0) is 30.2 Å². The average Bonchev–Trinajstić information content (AvgIpc) is 2.46. The summed E-state index contributed by atoms with van der Waals surface area (Å²) < 4.78 is 6.21. The highest BCUT2D eigenvalue weighted by atomic mass is 79.9. The van der Waals surface area contributed by atoms with Gasteiger partial charge in [-0.2, -0.15) is 0 Å². The van der Waals surface area contributed by atoms with Gasteiger partial charge in [0, 0.05) is 21.3 Å². The Balaban J connectivity index is 2.29. The van der Waals surface area contributed by atoms with Crippen LogP contribution in [0.5, 0.6) is 5.88 Å². The minimum atomic E-state index is -0.127. The molecule has 2 aromatic rings. The average molecular weight is 357 g/mol. The zero-order chi connectivity index (χ0) is 14.5. The molecular weight excluding hydrogens is 342 g/mol. The van der Waals surface area contributed by atoms with Gasteiger partial charge in [-0.15, -0.1) is 0 Å². The van der Waals surface area contributed by atoms with Crippen molar-refractivity contribution >= 4 is 27.5 Å². The van der Waals surface area contributed by atoms with Crippen molar-refractivity contribution < 1.29 is 4.74 Å². The van der Waals surface area contributed by atoms with Gasteiger partial charge in [0.05, 0.1) is 13.2 Å². The molecule has 1 aromatic carbocycles. The Morgan fingerprint density at radius 1 is 1.45 bits per heavy atom. The molecule has 106 valence electrons. The minimum absolute atomic E-state index is 0.127. The summed E-state index contributed by atoms with van der Waals surface area (Å²) in [6.07, 6.45) is 2.33. The smallest absolute Gasteiger partial charge is 0.217 e. The maximum absolute atomic E-state index is 6.25. The van der Waals surface area contributed by atoms with Gasteiger partial charge in [0.25, 0.3) is 0 Å². The Morgan fingerprint density at radius 2 is 2.25 bits per heavy atom. The van der Waals surface area contributed by atoms with Crippen molar-refractivity contribution in [1.82, 2.24) is 10.4 Å². The number of benzene rings is 1. The van der Waals surface area contributed by atoms with Crippen LogP contribution in [0.15, 0.2) is 41.0 Å². The van der Waals surface area contributed by atoms with Crippen molar-refractivity contribution in [2.75, 3.05) is 7.11 Å². The van der Waals surface area contributed by atoms with E-state index in [4.69, 9.17) is 22.2 Å². The molecule has 3 N–H and O–H groups in total. The zero-order valence-corrected chi connectivity index (χ0v) is 13.3. The molecule has 4 nitrogen and oxygen atoms in total. The molecule has 6 heteroatoms. The molecule has 20 heavy (non-hydrogen) atoms. The number of aromatic nitrogens is 1. The van der Waals surface area contributed by atoms with E-state index in [-0.39, 0.29) is 6.04 Å². The third-order valence-corrected chi connectivity index (χ3v) is 3.85. The van der Waals surface area contributed by atoms with Gasteiger partial charge in [-0.3, -0.25) is 11.3 Å². The first kappa shape index (κ1) is 15.3. The molecule has 0 saturated heterocycles. The van der Waals surface area contributed by atoms with Crippen molar-refractivity contribution in [2.24, 2.45) is 5.84 Å². The van der Waals surface area contributed by atoms with Crippen molar-refractivity contribution in [3.8, 4) is 5.88 Å². The highest BCUT2D eigenvalue weighted by Gasteiger charge is 2.17. The maximum atomic E-state index is 6.25. The minimum Gasteiger partial charge on any atom is -0.481 e. The second-order valence-electron chi connectivity index (χ2n) is 4.26. The molecule has 0 amide bonds. The largest absolute Gasteiger partial charge is 0.481 e. The fourth-order valence-corrected chi connectivity index (χ4v) is 2.76. The van der Waals surface area contributed by atoms with Crippen molar-refractivity contribution in [1.29, 1.82) is 0 Å². The molecule has 0 saturated carbocycles. The summed E-state index contributed by atoms with van der Waals surface area (Å²) in [5.41, 5.74) is 4.70. The van der Waals surface area contributed by atoms with Crippen molar-refractivity contribution in [3.63, 3.8) is 0 Å². The third kappa shape index (κ3) is 3.49. The number of ether oxygens (including phenoxy) is 1. The molecule has 0 radical (unpaired) electrons. The van der Waals surface area contributed by atoms with E-state index in [2.05, 4.69) is 26.3 Å². The van der Waals surface area contributed by atoms with E-state index >= 15 is 0 Å². The molecule has 1 aromatic heterocycles. The zero-order valence-electron chi connectivity index (χ0n) is 10.9. The van der Waals surface area contributed by atoms with E-state index in [0.29, 0.717) is 17.3 Å². The number of hydrogen-bond acceptors (Lipinski definition) is 4. The highest BCUT2D eigenvalue weighted by molar-refractivity contribution is 9.10. The molecule has 0 spiro atoms. The summed E-state index contributed by atoms with van der Waals surface area (Å²) in [4.78, 5) is 4.19. The van der Waals surface area contributed by atoms with E-state index in [1.165, 1.54) is 0 Å². The van der Waals surface area contributed by atoms with Gasteiger partial charge in [0.2, 0.25) is 5.88 Å². The van der Waals surface area contributed by atoms with Gasteiger partial charge in [-0.1, -0.05) is 39.7 Å². The molecule has 0 fully saturated rings. The quantitative estimate of drug-likeness (QED) is 0.638. The van der Waals surface area contributed by atoms with Gasteiger partial charge in [0.15, 0.2) is 0 Å². The van der Waals surface area contributed by atoms with Crippen LogP contribution in [0, 0.1) is 0 Å². The summed E-state index contributed by atoms with van der Waals surface area (Å²) in [7, 11) is 1.59. The lowest BCUT2D eigenvalue weighted by Crippen LogP contribution is -2.30. The molecule has 1 atom stereocenters. The number of nitrogens with zero attached hydrogens (tertiary/aromatic N) is 1. The number of halogens is 2. The van der Waals surface area contributed by atoms with Gasteiger partial charge >= 0.3 is 0 Å². The Kier molecular flexibility index (Phi) is 5.37. The lowest BCUT2D eigenvalue weighted by Gasteiger charge is -2.19. The van der Waals surface area contributed by atoms with Crippen LogP contribution in [0.3, 0.4) is 0 Å². The van der Waals surface area contributed by atoms with Crippen LogP contribution in [0.4, 0.5) is 0 Å². The Morgan fingerprint density at radius 3 is 2.90 bits per heavy atom. The van der Waals surface area contributed by atoms with Crippen molar-refractivity contribution in [2.45, 2.75) is 12.5 Å². The molecular formula is C14H15BrClN3O. The SMILES string of the molecule is COc1ncccc1C(Cc1ccc(Br)cc1Cl)NN. The standard InChI is InChI=1S/C14H15BrClN3O/c1-20-14-11(3-2-6-18-14)13(19-17)7-9-4-5-10(15)8-12(9)16/h2-6,8,13,19H,7,17H2,1H3. The number of methoxy groups -OCH3 is 1. The second-order valence-corrected chi connectivity index (χ2v) is 5.58. The number of pyridine rings is 1. The number of hydrazine groups is 1. The fourth-order valence-electron chi connectivity index (χ4n) is 2.00. The maximum Gasteiger partial charge on any atom is 0.217 e. The molecule has 0 bridgehead atoms. The first-order chi connectivity index (χ1) is 9.65. The van der Waals surface area contributed by atoms with Crippen LogP contribution in [-0.2, 0) is 6.42 Å². The molecule has 0 aliphatic rings. The first-order valence-corrected chi connectivity index (χ1v) is 7.21. The topological polar surface area (TPSA) is 60.2 Å². The lowest BCUT2D eigenvalue weighted by atomic mass is 10.0. The highest BCUT2D eigenvalue weighted by Crippen LogP contribution is 2.29. The monoisotopic (exact) mass is 355 g/mol. The van der Waals surface area contributed by atoms with E-state index in [9.17, 15) is 0 Å². The lowest BCUT2D eigenvalue weighted by molar-refractivity contribution is 0.382. The summed E-state index contributed by atoms with van der Waals surface area (Å²) >= 11 is 9.64. The van der Waals surface area contributed by atoms with Gasteiger partial charge in [0.1, 0.15) is 0 Å². The van der Waals surface area contributed by atoms with E-state index in [1.54, 1.807) is 13.3 Å². The molecule has 1 unspecified atom stereocenters. The predicted molar refractivity (Wildman–Crippen MR) is 83.7 cm³/mol. The Bertz CT molecular complexity index is 594. The number of hydrogen-bond donors (Lipinski definition) is 2. The number of nitrogens with one attached hydrogen (secondary N) is 1. The van der Waals surface area contributed by atoms with Crippen LogP contribution in [0.2, 0.25) is 5.02 Å². The van der Waals surface area contributed by atoms with Crippen LogP contribution >= 0.6 is 27.5 Å². The normalized spacial score (nSPS) is 12.2. The Hall–Kier alpha value is -1.14. The summed E-state index contributed by atoms with van der Waals surface area (Å²) in [5, 5.41) is 0.697. The fraction of sp³-hybridized carbons (Fsp3) is 0.214. The summed E-state index contributed by atoms with van der Waals surface area (Å²) in [5.74, 6) is 6.23. The van der Waals surface area contributed by atoms with E-state index < -0.39 is 0 Å². The Labute approximate surface area is 131 Å². The number of nitrogens with two attached hydrogens (primary N) is 1. The molecule has 0 aliphatic carbocycles. The van der Waals surface area contributed by atoms with Crippen molar-refractivity contribution in [3.05, 3.63) is 57.2 Å². The molecule has 2 rings (SSSR count). The third-order valence-electron chi connectivity index (χ3n) is 3.01. The van der Waals surface area contributed by atoms with E-state index in [1.807, 2.05) is 30.3 Å². The molecule has 0 aliphatic heterocycles. The van der Waals surface area contributed by atoms with Gasteiger partial charge < -0.3 is 4.74 Å². The second kappa shape index (κ2) is 7.04. The van der Waals surface area contributed by atoms with Crippen LogP contribution in [0.25, 0.3) is 0 Å².